The van der Waals surface area contributed by atoms with Crippen LogP contribution in [0.2, 0.25) is 0 Å². The minimum absolute atomic E-state index is 0.612. The summed E-state index contributed by atoms with van der Waals surface area (Å²) >= 11 is 0. The SMILES string of the molecule is C=Cc1ccc(CN(c2cc(N)ccn2)c2cnc3c(n2)=C=3)cc1. The number of pyridine rings is 1. The van der Waals surface area contributed by atoms with E-state index in [-0.39, 0.29) is 0 Å². The molecule has 0 bridgehead atoms. The van der Waals surface area contributed by atoms with Crippen molar-refractivity contribution in [1.82, 2.24) is 15.0 Å². The first-order valence-corrected chi connectivity index (χ1v) is 7.57. The summed E-state index contributed by atoms with van der Waals surface area (Å²) in [6, 6.07) is 11.8. The molecule has 2 aromatic heterocycles. The number of anilines is 3. The van der Waals surface area contributed by atoms with Crippen LogP contribution in [-0.2, 0) is 6.54 Å². The van der Waals surface area contributed by atoms with Gasteiger partial charge in [-0.1, -0.05) is 42.7 Å². The Kier molecular flexibility index (Phi) is 3.34. The zero-order valence-electron chi connectivity index (χ0n) is 13.0. The van der Waals surface area contributed by atoms with Crippen molar-refractivity contribution in [3.8, 4) is 0 Å². The van der Waals surface area contributed by atoms with Gasteiger partial charge in [0.2, 0.25) is 0 Å². The average molecular weight is 313 g/mol. The van der Waals surface area contributed by atoms with Crippen LogP contribution in [0.4, 0.5) is 17.3 Å². The fourth-order valence-electron chi connectivity index (χ4n) is 2.45. The van der Waals surface area contributed by atoms with Crippen LogP contribution >= 0.6 is 0 Å². The van der Waals surface area contributed by atoms with Gasteiger partial charge in [-0.25, -0.2) is 15.0 Å². The third-order valence-electron chi connectivity index (χ3n) is 3.81. The maximum Gasteiger partial charge on any atom is 0.154 e. The Labute approximate surface area is 139 Å². The highest BCUT2D eigenvalue weighted by Crippen LogP contribution is 2.24. The van der Waals surface area contributed by atoms with Crippen molar-refractivity contribution in [2.75, 3.05) is 10.6 Å². The van der Waals surface area contributed by atoms with Crippen LogP contribution in [0.25, 0.3) is 11.8 Å². The number of nitrogens with two attached hydrogens (primary N) is 1. The van der Waals surface area contributed by atoms with Crippen LogP contribution in [0.1, 0.15) is 11.1 Å². The molecule has 5 heteroatoms. The fraction of sp³-hybridized carbons (Fsp3) is 0.0526. The highest BCUT2D eigenvalue weighted by atomic mass is 15.2. The lowest BCUT2D eigenvalue weighted by Gasteiger charge is -2.22. The van der Waals surface area contributed by atoms with E-state index in [9.17, 15) is 0 Å². The van der Waals surface area contributed by atoms with Crippen LogP contribution in [0.3, 0.4) is 0 Å². The summed E-state index contributed by atoms with van der Waals surface area (Å²) in [6.45, 7) is 4.39. The van der Waals surface area contributed by atoms with Gasteiger partial charge in [-0.2, -0.15) is 0 Å². The van der Waals surface area contributed by atoms with Crippen LogP contribution in [-0.4, -0.2) is 15.0 Å². The fourth-order valence-corrected chi connectivity index (χ4v) is 2.45. The van der Waals surface area contributed by atoms with Gasteiger partial charge >= 0.3 is 0 Å². The minimum Gasteiger partial charge on any atom is -0.399 e. The Bertz CT molecular complexity index is 1050. The van der Waals surface area contributed by atoms with E-state index in [4.69, 9.17) is 5.73 Å². The van der Waals surface area contributed by atoms with Gasteiger partial charge in [0.1, 0.15) is 16.5 Å². The molecule has 0 amide bonds. The van der Waals surface area contributed by atoms with Crippen molar-refractivity contribution in [1.29, 1.82) is 0 Å². The summed E-state index contributed by atoms with van der Waals surface area (Å²) in [4.78, 5) is 15.3. The van der Waals surface area contributed by atoms with E-state index in [0.717, 1.165) is 33.5 Å². The van der Waals surface area contributed by atoms with E-state index in [2.05, 4.69) is 39.4 Å². The third-order valence-corrected chi connectivity index (χ3v) is 3.81. The molecule has 0 radical (unpaired) electrons. The highest BCUT2D eigenvalue weighted by Gasteiger charge is 2.15. The standard InChI is InChI=1S/C19H15N5/c1-2-13-3-5-14(6-4-13)12-24(18-9-15(20)7-8-21-18)19-11-22-16-10-17(16)23-19/h2-9,11H,1,12H2,(H2,20,21). The zero-order valence-corrected chi connectivity index (χ0v) is 13.0. The largest absolute Gasteiger partial charge is 0.399 e. The van der Waals surface area contributed by atoms with Crippen molar-refractivity contribution >= 4 is 29.1 Å². The molecule has 5 nitrogen and oxygen atoms in total. The normalized spacial score (nSPS) is 11.0. The highest BCUT2D eigenvalue weighted by molar-refractivity contribution is 5.60. The van der Waals surface area contributed by atoms with Crippen molar-refractivity contribution in [3.63, 3.8) is 0 Å². The maximum absolute atomic E-state index is 5.92. The first kappa shape index (κ1) is 14.2. The van der Waals surface area contributed by atoms with Gasteiger partial charge in [0.15, 0.2) is 5.82 Å². The van der Waals surface area contributed by atoms with Gasteiger partial charge in [-0.05, 0) is 17.2 Å². The third kappa shape index (κ3) is 2.76. The average Bonchev–Trinajstić information content (AvgIpc) is 3.39. The summed E-state index contributed by atoms with van der Waals surface area (Å²) in [5, 5.41) is 1.64. The number of nitrogen functional groups attached to an aromatic ring is 1. The molecule has 0 fully saturated rings. The number of benzene rings is 1. The molecule has 116 valence electrons. The van der Waals surface area contributed by atoms with Crippen molar-refractivity contribution in [3.05, 3.63) is 77.2 Å². The molecular formula is C19H15N5. The molecule has 0 saturated carbocycles. The van der Waals surface area contributed by atoms with Gasteiger partial charge in [-0.15, -0.1) is 0 Å². The van der Waals surface area contributed by atoms with E-state index in [1.165, 1.54) is 0 Å². The summed E-state index contributed by atoms with van der Waals surface area (Å²) < 4.78 is 0. The summed E-state index contributed by atoms with van der Waals surface area (Å²) in [5.41, 5.74) is 11.8. The van der Waals surface area contributed by atoms with Crippen LogP contribution in [0.15, 0.2) is 55.4 Å². The Hall–Kier alpha value is -3.43. The lowest BCUT2D eigenvalue weighted by atomic mass is 10.1. The van der Waals surface area contributed by atoms with E-state index >= 15 is 0 Å². The monoisotopic (exact) mass is 313 g/mol. The Morgan fingerprint density at radius 1 is 1.08 bits per heavy atom. The van der Waals surface area contributed by atoms with Gasteiger partial charge in [-0.3, -0.25) is 0 Å². The van der Waals surface area contributed by atoms with Crippen LogP contribution in [0, 0.1) is 0 Å². The predicted octanol–water partition coefficient (Wildman–Crippen LogP) is 1.50. The second kappa shape index (κ2) is 5.65. The Balaban J connectivity index is 1.72. The quantitative estimate of drug-likeness (QED) is 0.605. The number of hydrogen-bond donors (Lipinski definition) is 1. The Morgan fingerprint density at radius 2 is 1.92 bits per heavy atom. The molecule has 0 saturated heterocycles. The summed E-state index contributed by atoms with van der Waals surface area (Å²) in [5.74, 6) is 1.46. The number of rotatable bonds is 5. The predicted molar refractivity (Wildman–Crippen MR) is 94.8 cm³/mol. The lowest BCUT2D eigenvalue weighted by Crippen LogP contribution is -2.24. The van der Waals surface area contributed by atoms with Gasteiger partial charge < -0.3 is 10.6 Å². The van der Waals surface area contributed by atoms with Crippen molar-refractivity contribution in [2.24, 2.45) is 0 Å². The van der Waals surface area contributed by atoms with Gasteiger partial charge in [0, 0.05) is 18.0 Å². The molecule has 1 aliphatic carbocycles. The van der Waals surface area contributed by atoms with Gasteiger partial charge in [0.25, 0.3) is 0 Å². The molecule has 1 aromatic carbocycles. The van der Waals surface area contributed by atoms with E-state index in [1.54, 1.807) is 18.5 Å². The van der Waals surface area contributed by atoms with Crippen LogP contribution < -0.4 is 21.3 Å². The first-order chi connectivity index (χ1) is 11.7. The molecule has 0 atom stereocenters. The van der Waals surface area contributed by atoms with E-state index in [0.29, 0.717) is 12.2 Å². The first-order valence-electron chi connectivity index (χ1n) is 7.57. The number of fused-ring (bicyclic) bond motifs is 1. The summed E-state index contributed by atoms with van der Waals surface area (Å²) in [6.07, 6.45) is 5.26. The molecule has 0 unspecified atom stereocenters. The molecule has 2 N–H and O–H groups in total. The molecule has 0 spiro atoms. The zero-order chi connectivity index (χ0) is 16.5. The smallest absolute Gasteiger partial charge is 0.154 e. The number of hydrogen-bond acceptors (Lipinski definition) is 5. The molecule has 0 aliphatic heterocycles. The molecule has 1 aliphatic rings. The second-order valence-electron chi connectivity index (χ2n) is 5.53. The summed E-state index contributed by atoms with van der Waals surface area (Å²) in [7, 11) is 0. The van der Waals surface area contributed by atoms with Crippen molar-refractivity contribution in [2.45, 2.75) is 6.54 Å². The van der Waals surface area contributed by atoms with E-state index < -0.39 is 0 Å². The van der Waals surface area contributed by atoms with Gasteiger partial charge in [0.05, 0.1) is 12.7 Å². The Morgan fingerprint density at radius 3 is 2.62 bits per heavy atom. The van der Waals surface area contributed by atoms with Crippen LogP contribution in [0.5, 0.6) is 0 Å². The minimum atomic E-state index is 0.612. The lowest BCUT2D eigenvalue weighted by molar-refractivity contribution is 0.909. The molecule has 2 heterocycles. The second-order valence-corrected chi connectivity index (χ2v) is 5.53. The molecule has 3 aromatic rings. The van der Waals surface area contributed by atoms with Crippen molar-refractivity contribution < 1.29 is 0 Å². The molecule has 24 heavy (non-hydrogen) atoms. The number of aromatic nitrogens is 3. The maximum atomic E-state index is 5.92. The molecule has 4 rings (SSSR count). The number of nitrogens with zero attached hydrogens (tertiary/aromatic N) is 4. The topological polar surface area (TPSA) is 67.9 Å². The molecular weight excluding hydrogens is 298 g/mol. The van der Waals surface area contributed by atoms with E-state index in [1.807, 2.05) is 29.2 Å².